The Morgan fingerprint density at radius 2 is 2.04 bits per heavy atom. The predicted octanol–water partition coefficient (Wildman–Crippen LogP) is 1.80. The van der Waals surface area contributed by atoms with E-state index in [2.05, 4.69) is 19.7 Å². The van der Waals surface area contributed by atoms with E-state index in [1.54, 1.807) is 17.4 Å². The Kier molecular flexibility index (Phi) is 3.95. The third-order valence-corrected chi connectivity index (χ3v) is 4.88. The number of piperidine rings is 1. The molecule has 0 spiro atoms. The van der Waals surface area contributed by atoms with Gasteiger partial charge in [-0.2, -0.15) is 0 Å². The minimum atomic E-state index is -0.238. The number of methoxy groups -OCH3 is 1. The first-order valence-electron chi connectivity index (χ1n) is 8.48. The SMILES string of the molecule is COC(=O)N1CCC(c2nnc(Cn3ccnc3)n2C2CC2)CC1. The van der Waals surface area contributed by atoms with Crippen LogP contribution in [0.4, 0.5) is 4.79 Å². The summed E-state index contributed by atoms with van der Waals surface area (Å²) in [6, 6.07) is 0.534. The second-order valence-electron chi connectivity index (χ2n) is 6.54. The molecule has 3 heterocycles. The number of carbonyl (C=O) groups excluding carboxylic acids is 1. The average Bonchev–Trinajstić information content (AvgIpc) is 3.16. The van der Waals surface area contributed by atoms with Gasteiger partial charge in [-0.1, -0.05) is 0 Å². The van der Waals surface area contributed by atoms with Crippen molar-refractivity contribution in [2.24, 2.45) is 0 Å². The maximum atomic E-state index is 11.6. The molecule has 0 bridgehead atoms. The number of carbonyl (C=O) groups is 1. The van der Waals surface area contributed by atoms with Crippen LogP contribution in [0.25, 0.3) is 0 Å². The van der Waals surface area contributed by atoms with Crippen LogP contribution in [0.1, 0.15) is 49.3 Å². The highest BCUT2D eigenvalue weighted by molar-refractivity contribution is 5.67. The topological polar surface area (TPSA) is 78.1 Å². The Balaban J connectivity index is 1.51. The molecule has 2 aliphatic rings. The van der Waals surface area contributed by atoms with Crippen LogP contribution in [-0.2, 0) is 11.3 Å². The van der Waals surface area contributed by atoms with Crippen molar-refractivity contribution >= 4 is 6.09 Å². The first-order valence-corrected chi connectivity index (χ1v) is 8.48. The number of hydrogen-bond donors (Lipinski definition) is 0. The molecule has 1 aliphatic carbocycles. The lowest BCUT2D eigenvalue weighted by Crippen LogP contribution is -2.38. The molecular weight excluding hydrogens is 308 g/mol. The standard InChI is InChI=1S/C16H22N6O2/c1-24-16(23)21-7-4-12(5-8-21)15-19-18-14(22(15)13-2-3-13)10-20-9-6-17-11-20/h6,9,11-13H,2-5,7-8,10H2,1H3. The number of rotatable bonds is 4. The first-order chi connectivity index (χ1) is 11.8. The van der Waals surface area contributed by atoms with Gasteiger partial charge in [0.1, 0.15) is 5.82 Å². The van der Waals surface area contributed by atoms with Gasteiger partial charge in [0.05, 0.1) is 20.0 Å². The molecule has 1 saturated carbocycles. The number of nitrogens with zero attached hydrogens (tertiary/aromatic N) is 6. The van der Waals surface area contributed by atoms with Crippen LogP contribution in [0.5, 0.6) is 0 Å². The first kappa shape index (κ1) is 15.2. The van der Waals surface area contributed by atoms with Crippen molar-refractivity contribution in [3.8, 4) is 0 Å². The number of amides is 1. The van der Waals surface area contributed by atoms with E-state index in [9.17, 15) is 4.79 Å². The van der Waals surface area contributed by atoms with Crippen molar-refractivity contribution in [3.63, 3.8) is 0 Å². The molecule has 4 rings (SSSR count). The molecule has 0 unspecified atom stereocenters. The molecule has 0 radical (unpaired) electrons. The van der Waals surface area contributed by atoms with Crippen molar-refractivity contribution in [1.82, 2.24) is 29.2 Å². The van der Waals surface area contributed by atoms with Gasteiger partial charge in [0.2, 0.25) is 0 Å². The molecule has 0 N–H and O–H groups in total. The van der Waals surface area contributed by atoms with Crippen LogP contribution < -0.4 is 0 Å². The zero-order valence-corrected chi connectivity index (χ0v) is 13.8. The van der Waals surface area contributed by atoms with E-state index >= 15 is 0 Å². The predicted molar refractivity (Wildman–Crippen MR) is 85.6 cm³/mol. The summed E-state index contributed by atoms with van der Waals surface area (Å²) in [7, 11) is 1.43. The minimum Gasteiger partial charge on any atom is -0.453 e. The Hall–Kier alpha value is -2.38. The van der Waals surface area contributed by atoms with Gasteiger partial charge < -0.3 is 18.8 Å². The van der Waals surface area contributed by atoms with Crippen molar-refractivity contribution in [2.75, 3.05) is 20.2 Å². The van der Waals surface area contributed by atoms with Gasteiger partial charge >= 0.3 is 6.09 Å². The summed E-state index contributed by atoms with van der Waals surface area (Å²) >= 11 is 0. The van der Waals surface area contributed by atoms with Crippen LogP contribution in [-0.4, -0.2) is 55.5 Å². The van der Waals surface area contributed by atoms with E-state index < -0.39 is 0 Å². The average molecular weight is 330 g/mol. The molecule has 2 aromatic heterocycles. The molecule has 1 aliphatic heterocycles. The van der Waals surface area contributed by atoms with E-state index in [0.29, 0.717) is 31.6 Å². The third-order valence-electron chi connectivity index (χ3n) is 4.88. The lowest BCUT2D eigenvalue weighted by atomic mass is 9.96. The smallest absolute Gasteiger partial charge is 0.409 e. The van der Waals surface area contributed by atoms with Crippen molar-refractivity contribution in [3.05, 3.63) is 30.4 Å². The van der Waals surface area contributed by atoms with E-state index in [-0.39, 0.29) is 6.09 Å². The molecule has 2 fully saturated rings. The molecule has 0 aromatic carbocycles. The monoisotopic (exact) mass is 330 g/mol. The minimum absolute atomic E-state index is 0.238. The van der Waals surface area contributed by atoms with E-state index in [0.717, 1.165) is 24.5 Å². The molecule has 0 atom stereocenters. The van der Waals surface area contributed by atoms with Gasteiger partial charge in [0, 0.05) is 37.4 Å². The molecule has 2 aromatic rings. The largest absolute Gasteiger partial charge is 0.453 e. The Morgan fingerprint density at radius 1 is 1.25 bits per heavy atom. The maximum Gasteiger partial charge on any atom is 0.409 e. The number of ether oxygens (including phenoxy) is 1. The van der Waals surface area contributed by atoms with Crippen molar-refractivity contribution in [1.29, 1.82) is 0 Å². The molecule has 8 heteroatoms. The molecule has 1 saturated heterocycles. The highest BCUT2D eigenvalue weighted by Gasteiger charge is 2.34. The summed E-state index contributed by atoms with van der Waals surface area (Å²) in [5.74, 6) is 2.44. The van der Waals surface area contributed by atoms with Gasteiger partial charge in [-0.05, 0) is 25.7 Å². The van der Waals surface area contributed by atoms with Gasteiger partial charge in [0.15, 0.2) is 5.82 Å². The fourth-order valence-electron chi connectivity index (χ4n) is 3.45. The lowest BCUT2D eigenvalue weighted by molar-refractivity contribution is 0.111. The highest BCUT2D eigenvalue weighted by Crippen LogP contribution is 2.39. The molecule has 8 nitrogen and oxygen atoms in total. The zero-order chi connectivity index (χ0) is 16.5. The Bertz CT molecular complexity index is 698. The van der Waals surface area contributed by atoms with Gasteiger partial charge in [-0.15, -0.1) is 10.2 Å². The fraction of sp³-hybridized carbons (Fsp3) is 0.625. The number of hydrogen-bond acceptors (Lipinski definition) is 5. The summed E-state index contributed by atoms with van der Waals surface area (Å²) in [4.78, 5) is 17.5. The van der Waals surface area contributed by atoms with Crippen LogP contribution in [0.2, 0.25) is 0 Å². The molecule has 1 amide bonds. The summed E-state index contributed by atoms with van der Waals surface area (Å²) in [5.41, 5.74) is 0. The molecule has 128 valence electrons. The quantitative estimate of drug-likeness (QED) is 0.854. The number of imidazole rings is 1. The Labute approximate surface area is 140 Å². The van der Waals surface area contributed by atoms with E-state index in [1.165, 1.54) is 20.0 Å². The zero-order valence-electron chi connectivity index (χ0n) is 13.8. The van der Waals surface area contributed by atoms with E-state index in [1.807, 2.05) is 10.8 Å². The van der Waals surface area contributed by atoms with E-state index in [4.69, 9.17) is 4.74 Å². The van der Waals surface area contributed by atoms with Crippen LogP contribution in [0, 0.1) is 0 Å². The summed E-state index contributed by atoms with van der Waals surface area (Å²) in [5, 5.41) is 8.97. The van der Waals surface area contributed by atoms with Crippen LogP contribution in [0.15, 0.2) is 18.7 Å². The summed E-state index contributed by atoms with van der Waals surface area (Å²) in [6.07, 6.45) is 9.50. The van der Waals surface area contributed by atoms with Crippen molar-refractivity contribution in [2.45, 2.75) is 44.2 Å². The Morgan fingerprint density at radius 3 is 2.67 bits per heavy atom. The van der Waals surface area contributed by atoms with Gasteiger partial charge in [-0.3, -0.25) is 0 Å². The number of likely N-dealkylation sites (tertiary alicyclic amines) is 1. The normalized spacial score (nSPS) is 18.8. The van der Waals surface area contributed by atoms with Crippen LogP contribution >= 0.6 is 0 Å². The summed E-state index contributed by atoms with van der Waals surface area (Å²) < 4.78 is 9.16. The van der Waals surface area contributed by atoms with Crippen LogP contribution in [0.3, 0.4) is 0 Å². The third kappa shape index (κ3) is 2.88. The summed E-state index contributed by atoms with van der Waals surface area (Å²) in [6.45, 7) is 2.13. The molecule has 24 heavy (non-hydrogen) atoms. The van der Waals surface area contributed by atoms with Gasteiger partial charge in [-0.25, -0.2) is 9.78 Å². The lowest BCUT2D eigenvalue weighted by Gasteiger charge is -2.30. The molecular formula is C16H22N6O2. The second-order valence-corrected chi connectivity index (χ2v) is 6.54. The van der Waals surface area contributed by atoms with Crippen molar-refractivity contribution < 1.29 is 9.53 Å². The fourth-order valence-corrected chi connectivity index (χ4v) is 3.45. The number of aromatic nitrogens is 5. The second kappa shape index (κ2) is 6.26. The maximum absolute atomic E-state index is 11.6. The van der Waals surface area contributed by atoms with Gasteiger partial charge in [0.25, 0.3) is 0 Å². The highest BCUT2D eigenvalue weighted by atomic mass is 16.5.